The molecule has 2 aromatic carbocycles. The Morgan fingerprint density at radius 2 is 1.78 bits per heavy atom. The van der Waals surface area contributed by atoms with E-state index < -0.39 is 18.1 Å². The molecule has 3 N–H and O–H groups in total. The minimum Gasteiger partial charge on any atom is -0.406 e. The molecule has 0 heterocycles. The Kier molecular flexibility index (Phi) is 4.73. The number of nitrogens with two attached hydrogens (primary N) is 1. The Bertz CT molecular complexity index is 700. The molecular weight excluding hydrogens is 316 g/mol. The largest absolute Gasteiger partial charge is 0.573 e. The first-order chi connectivity index (χ1) is 10.7. The van der Waals surface area contributed by atoms with E-state index in [1.54, 1.807) is 0 Å². The summed E-state index contributed by atoms with van der Waals surface area (Å²) < 4.78 is 52.7. The second-order valence-corrected chi connectivity index (χ2v) is 4.61. The van der Waals surface area contributed by atoms with Crippen LogP contribution in [0.15, 0.2) is 42.5 Å². The van der Waals surface area contributed by atoms with E-state index in [9.17, 15) is 22.4 Å². The summed E-state index contributed by atoms with van der Waals surface area (Å²) in [6, 6.07) is 8.43. The first kappa shape index (κ1) is 16.6. The molecule has 0 spiro atoms. The zero-order valence-corrected chi connectivity index (χ0v) is 11.7. The predicted octanol–water partition coefficient (Wildman–Crippen LogP) is 3.24. The molecule has 0 atom stereocenters. The quantitative estimate of drug-likeness (QED) is 0.669. The van der Waals surface area contributed by atoms with E-state index in [0.717, 1.165) is 24.3 Å². The molecule has 23 heavy (non-hydrogen) atoms. The molecule has 4 nitrogen and oxygen atoms in total. The van der Waals surface area contributed by atoms with E-state index in [-0.39, 0.29) is 23.5 Å². The number of carbonyl (C=O) groups is 1. The number of hydrogen-bond acceptors (Lipinski definition) is 3. The summed E-state index contributed by atoms with van der Waals surface area (Å²) in [4.78, 5) is 11.9. The fraction of sp³-hybridized carbons (Fsp3) is 0.133. The molecule has 0 bridgehead atoms. The number of carbonyl (C=O) groups excluding carboxylic acids is 1. The van der Waals surface area contributed by atoms with Crippen LogP contribution in [0.4, 0.5) is 23.2 Å². The van der Waals surface area contributed by atoms with Gasteiger partial charge in [-0.05, 0) is 35.9 Å². The van der Waals surface area contributed by atoms with Crippen molar-refractivity contribution in [2.75, 3.05) is 5.73 Å². The summed E-state index contributed by atoms with van der Waals surface area (Å²) in [5, 5.41) is 2.54. The first-order valence-electron chi connectivity index (χ1n) is 6.42. The first-order valence-corrected chi connectivity index (χ1v) is 6.42. The normalized spacial score (nSPS) is 11.1. The summed E-state index contributed by atoms with van der Waals surface area (Å²) in [6.45, 7) is 0.0714. The molecule has 0 saturated heterocycles. The molecule has 0 unspecified atom stereocenters. The second kappa shape index (κ2) is 6.55. The number of halogens is 4. The van der Waals surface area contributed by atoms with Crippen molar-refractivity contribution in [1.29, 1.82) is 0 Å². The van der Waals surface area contributed by atoms with Crippen molar-refractivity contribution < 1.29 is 27.1 Å². The van der Waals surface area contributed by atoms with Gasteiger partial charge in [-0.3, -0.25) is 4.79 Å². The number of hydrogen-bond donors (Lipinski definition) is 2. The molecule has 0 saturated carbocycles. The number of alkyl halides is 3. The highest BCUT2D eigenvalue weighted by atomic mass is 19.4. The van der Waals surface area contributed by atoms with E-state index in [1.807, 2.05) is 0 Å². The van der Waals surface area contributed by atoms with Crippen molar-refractivity contribution in [2.24, 2.45) is 0 Å². The minimum absolute atomic E-state index is 0.00331. The number of ether oxygens (including phenoxy) is 1. The van der Waals surface area contributed by atoms with Crippen LogP contribution >= 0.6 is 0 Å². The van der Waals surface area contributed by atoms with Crippen molar-refractivity contribution >= 4 is 11.6 Å². The van der Waals surface area contributed by atoms with Gasteiger partial charge in [0.15, 0.2) is 0 Å². The smallest absolute Gasteiger partial charge is 0.406 e. The topological polar surface area (TPSA) is 64.4 Å². The maximum atomic E-state index is 12.9. The standard InChI is InChI=1S/C15H12F4N2O2/c16-10-3-6-12(13(20)7-10)14(22)21-8-9-1-4-11(5-2-9)23-15(17,18)19/h1-7H,8,20H2,(H,21,22). The van der Waals surface area contributed by atoms with Gasteiger partial charge in [0, 0.05) is 12.2 Å². The fourth-order valence-corrected chi connectivity index (χ4v) is 1.83. The monoisotopic (exact) mass is 328 g/mol. The molecule has 0 aliphatic heterocycles. The molecular formula is C15H12F4N2O2. The molecule has 1 amide bonds. The lowest BCUT2D eigenvalue weighted by molar-refractivity contribution is -0.274. The third kappa shape index (κ3) is 4.87. The Balaban J connectivity index is 1.96. The number of nitrogen functional groups attached to an aromatic ring is 1. The van der Waals surface area contributed by atoms with Crippen LogP contribution in [0.2, 0.25) is 0 Å². The van der Waals surface area contributed by atoms with Gasteiger partial charge in [0.2, 0.25) is 0 Å². The van der Waals surface area contributed by atoms with Crippen LogP contribution < -0.4 is 15.8 Å². The lowest BCUT2D eigenvalue weighted by Crippen LogP contribution is -2.23. The van der Waals surface area contributed by atoms with E-state index in [1.165, 1.54) is 18.2 Å². The van der Waals surface area contributed by atoms with Gasteiger partial charge in [0.1, 0.15) is 11.6 Å². The van der Waals surface area contributed by atoms with Gasteiger partial charge in [-0.15, -0.1) is 13.2 Å². The highest BCUT2D eigenvalue weighted by Crippen LogP contribution is 2.22. The molecule has 0 fully saturated rings. The molecule has 0 aromatic heterocycles. The van der Waals surface area contributed by atoms with Crippen molar-refractivity contribution in [1.82, 2.24) is 5.32 Å². The van der Waals surface area contributed by atoms with Gasteiger partial charge in [0.05, 0.1) is 5.56 Å². The lowest BCUT2D eigenvalue weighted by Gasteiger charge is -2.10. The van der Waals surface area contributed by atoms with Gasteiger partial charge < -0.3 is 15.8 Å². The van der Waals surface area contributed by atoms with Crippen LogP contribution in [-0.2, 0) is 6.54 Å². The zero-order chi connectivity index (χ0) is 17.0. The lowest BCUT2D eigenvalue weighted by atomic mass is 10.1. The Morgan fingerprint density at radius 1 is 1.13 bits per heavy atom. The van der Waals surface area contributed by atoms with E-state index in [2.05, 4.69) is 10.1 Å². The highest BCUT2D eigenvalue weighted by Gasteiger charge is 2.30. The Morgan fingerprint density at radius 3 is 2.35 bits per heavy atom. The van der Waals surface area contributed by atoms with Gasteiger partial charge in [0.25, 0.3) is 5.91 Å². The zero-order valence-electron chi connectivity index (χ0n) is 11.7. The van der Waals surface area contributed by atoms with Gasteiger partial charge in [-0.25, -0.2) is 4.39 Å². The number of amides is 1. The van der Waals surface area contributed by atoms with Gasteiger partial charge in [-0.1, -0.05) is 12.1 Å². The molecule has 2 aromatic rings. The average molecular weight is 328 g/mol. The van der Waals surface area contributed by atoms with Crippen molar-refractivity contribution in [3.63, 3.8) is 0 Å². The fourth-order valence-electron chi connectivity index (χ4n) is 1.83. The highest BCUT2D eigenvalue weighted by molar-refractivity contribution is 5.99. The molecule has 8 heteroatoms. The van der Waals surface area contributed by atoms with E-state index >= 15 is 0 Å². The van der Waals surface area contributed by atoms with E-state index in [4.69, 9.17) is 5.73 Å². The molecule has 122 valence electrons. The van der Waals surface area contributed by atoms with E-state index in [0.29, 0.717) is 5.56 Å². The maximum Gasteiger partial charge on any atom is 0.573 e. The molecule has 0 radical (unpaired) electrons. The molecule has 0 aliphatic carbocycles. The Hall–Kier alpha value is -2.77. The summed E-state index contributed by atoms with van der Waals surface area (Å²) in [5.74, 6) is -1.42. The summed E-state index contributed by atoms with van der Waals surface area (Å²) in [5.41, 5.74) is 6.22. The van der Waals surface area contributed by atoms with Gasteiger partial charge in [-0.2, -0.15) is 0 Å². The van der Waals surface area contributed by atoms with Crippen molar-refractivity contribution in [2.45, 2.75) is 12.9 Å². The van der Waals surface area contributed by atoms with Crippen LogP contribution in [0.1, 0.15) is 15.9 Å². The van der Waals surface area contributed by atoms with Crippen LogP contribution in [-0.4, -0.2) is 12.3 Å². The number of benzene rings is 2. The van der Waals surface area contributed by atoms with Crippen LogP contribution in [0.5, 0.6) is 5.75 Å². The van der Waals surface area contributed by atoms with Crippen LogP contribution in [0, 0.1) is 5.82 Å². The maximum absolute atomic E-state index is 12.9. The summed E-state index contributed by atoms with van der Waals surface area (Å²) in [7, 11) is 0. The average Bonchev–Trinajstić information content (AvgIpc) is 2.44. The predicted molar refractivity (Wildman–Crippen MR) is 75.1 cm³/mol. The van der Waals surface area contributed by atoms with Crippen LogP contribution in [0.3, 0.4) is 0 Å². The van der Waals surface area contributed by atoms with Gasteiger partial charge >= 0.3 is 6.36 Å². The number of rotatable bonds is 4. The molecule has 0 aliphatic rings. The summed E-state index contributed by atoms with van der Waals surface area (Å²) in [6.07, 6.45) is -4.75. The second-order valence-electron chi connectivity index (χ2n) is 4.61. The Labute approximate surface area is 128 Å². The van der Waals surface area contributed by atoms with Crippen molar-refractivity contribution in [3.8, 4) is 5.75 Å². The SMILES string of the molecule is Nc1cc(F)ccc1C(=O)NCc1ccc(OC(F)(F)F)cc1. The van der Waals surface area contributed by atoms with Crippen molar-refractivity contribution in [3.05, 3.63) is 59.4 Å². The molecule has 2 rings (SSSR count). The van der Waals surface area contributed by atoms with Crippen LogP contribution in [0.25, 0.3) is 0 Å². The number of anilines is 1. The minimum atomic E-state index is -4.75. The third-order valence-corrected chi connectivity index (χ3v) is 2.87. The number of nitrogens with one attached hydrogen (secondary N) is 1. The third-order valence-electron chi connectivity index (χ3n) is 2.87. The summed E-state index contributed by atoms with van der Waals surface area (Å²) >= 11 is 0.